The Kier molecular flexibility index (Phi) is 6.20. The molecular weight excluding hydrogens is 296 g/mol. The van der Waals surface area contributed by atoms with Crippen LogP contribution in [0.5, 0.6) is 0 Å². The molecule has 6 heteroatoms. The molecule has 0 unspecified atom stereocenters. The summed E-state index contributed by atoms with van der Waals surface area (Å²) < 4.78 is 25.9. The van der Waals surface area contributed by atoms with Crippen molar-refractivity contribution in [3.63, 3.8) is 0 Å². The number of hydrogen-bond acceptors (Lipinski definition) is 3. The van der Waals surface area contributed by atoms with Crippen molar-refractivity contribution in [3.05, 3.63) is 41.4 Å². The maximum absolute atomic E-state index is 12.3. The van der Waals surface area contributed by atoms with Gasteiger partial charge in [0.05, 0.1) is 4.90 Å². The summed E-state index contributed by atoms with van der Waals surface area (Å²) in [6.07, 6.45) is 1.55. The zero-order chi connectivity index (χ0) is 15.3. The molecule has 0 heterocycles. The summed E-state index contributed by atoms with van der Waals surface area (Å²) >= 11 is 6.11. The summed E-state index contributed by atoms with van der Waals surface area (Å²) in [5, 5.41) is 3.79. The molecular formula is C14H21ClN2O2S. The van der Waals surface area contributed by atoms with E-state index in [0.29, 0.717) is 17.6 Å². The van der Waals surface area contributed by atoms with Crippen LogP contribution in [0, 0.1) is 0 Å². The Morgan fingerprint density at radius 1 is 1.45 bits per heavy atom. The molecule has 4 nitrogen and oxygen atoms in total. The van der Waals surface area contributed by atoms with Crippen LogP contribution in [-0.4, -0.2) is 32.4 Å². The van der Waals surface area contributed by atoms with Gasteiger partial charge in [-0.05, 0) is 23.8 Å². The lowest BCUT2D eigenvalue weighted by atomic mass is 10.2. The van der Waals surface area contributed by atoms with Crippen molar-refractivity contribution in [1.82, 2.24) is 9.62 Å². The SMILES string of the molecule is C=CCN(C)S(=O)(=O)c1ccc(Cl)c(CNC(C)C)c1. The van der Waals surface area contributed by atoms with Crippen LogP contribution in [0.15, 0.2) is 35.7 Å². The third kappa shape index (κ3) is 4.31. The minimum absolute atomic E-state index is 0.242. The van der Waals surface area contributed by atoms with Gasteiger partial charge in [-0.3, -0.25) is 0 Å². The van der Waals surface area contributed by atoms with E-state index in [1.807, 2.05) is 13.8 Å². The van der Waals surface area contributed by atoms with Gasteiger partial charge in [0.25, 0.3) is 0 Å². The molecule has 0 saturated heterocycles. The molecule has 0 aliphatic carbocycles. The minimum Gasteiger partial charge on any atom is -0.310 e. The molecule has 1 N–H and O–H groups in total. The highest BCUT2D eigenvalue weighted by Gasteiger charge is 2.20. The molecule has 0 radical (unpaired) electrons. The van der Waals surface area contributed by atoms with Gasteiger partial charge in [0.2, 0.25) is 10.0 Å². The summed E-state index contributed by atoms with van der Waals surface area (Å²) in [7, 11) is -1.98. The maximum atomic E-state index is 12.3. The zero-order valence-electron chi connectivity index (χ0n) is 12.1. The van der Waals surface area contributed by atoms with Gasteiger partial charge in [-0.2, -0.15) is 4.31 Å². The van der Waals surface area contributed by atoms with E-state index < -0.39 is 10.0 Å². The number of rotatable bonds is 7. The van der Waals surface area contributed by atoms with Crippen molar-refractivity contribution in [2.24, 2.45) is 0 Å². The topological polar surface area (TPSA) is 49.4 Å². The van der Waals surface area contributed by atoms with Crippen LogP contribution < -0.4 is 5.32 Å². The van der Waals surface area contributed by atoms with Gasteiger partial charge in [0, 0.05) is 31.2 Å². The predicted molar refractivity (Wildman–Crippen MR) is 83.4 cm³/mol. The number of hydrogen-bond donors (Lipinski definition) is 1. The first-order valence-electron chi connectivity index (χ1n) is 6.38. The lowest BCUT2D eigenvalue weighted by Crippen LogP contribution is -2.27. The molecule has 112 valence electrons. The van der Waals surface area contributed by atoms with Crippen LogP contribution in [0.2, 0.25) is 5.02 Å². The molecule has 1 aromatic carbocycles. The van der Waals surface area contributed by atoms with Gasteiger partial charge in [0.1, 0.15) is 0 Å². The first kappa shape index (κ1) is 17.2. The number of nitrogens with one attached hydrogen (secondary N) is 1. The molecule has 0 fully saturated rings. The first-order valence-corrected chi connectivity index (χ1v) is 8.20. The highest BCUT2D eigenvalue weighted by atomic mass is 35.5. The summed E-state index contributed by atoms with van der Waals surface area (Å²) in [5.74, 6) is 0. The molecule has 20 heavy (non-hydrogen) atoms. The minimum atomic E-state index is -3.50. The molecule has 0 bridgehead atoms. The standard InChI is InChI=1S/C14H21ClN2O2S/c1-5-8-17(4)20(18,19)13-6-7-14(15)12(9-13)10-16-11(2)3/h5-7,9,11,16H,1,8,10H2,2-4H3. The van der Waals surface area contributed by atoms with E-state index >= 15 is 0 Å². The zero-order valence-corrected chi connectivity index (χ0v) is 13.6. The van der Waals surface area contributed by atoms with Crippen molar-refractivity contribution < 1.29 is 8.42 Å². The van der Waals surface area contributed by atoms with Crippen molar-refractivity contribution in [1.29, 1.82) is 0 Å². The van der Waals surface area contributed by atoms with Crippen molar-refractivity contribution in [3.8, 4) is 0 Å². The lowest BCUT2D eigenvalue weighted by molar-refractivity contribution is 0.499. The van der Waals surface area contributed by atoms with Crippen molar-refractivity contribution >= 4 is 21.6 Å². The molecule has 0 saturated carbocycles. The Morgan fingerprint density at radius 3 is 2.65 bits per heavy atom. The molecule has 0 amide bonds. The van der Waals surface area contributed by atoms with Gasteiger partial charge in [-0.25, -0.2) is 8.42 Å². The Hall–Kier alpha value is -0.880. The maximum Gasteiger partial charge on any atom is 0.243 e. The van der Waals surface area contributed by atoms with Gasteiger partial charge in [-0.1, -0.05) is 31.5 Å². The van der Waals surface area contributed by atoms with E-state index in [9.17, 15) is 8.42 Å². The fraction of sp³-hybridized carbons (Fsp3) is 0.429. The second-order valence-corrected chi connectivity index (χ2v) is 7.32. The van der Waals surface area contributed by atoms with Crippen LogP contribution in [0.4, 0.5) is 0 Å². The van der Waals surface area contributed by atoms with Crippen LogP contribution in [0.25, 0.3) is 0 Å². The molecule has 0 aliphatic rings. The fourth-order valence-corrected chi connectivity index (χ4v) is 3.00. The van der Waals surface area contributed by atoms with Crippen molar-refractivity contribution in [2.75, 3.05) is 13.6 Å². The average molecular weight is 317 g/mol. The third-order valence-electron chi connectivity index (χ3n) is 2.81. The molecule has 0 aromatic heterocycles. The predicted octanol–water partition coefficient (Wildman–Crippen LogP) is 2.64. The lowest BCUT2D eigenvalue weighted by Gasteiger charge is -2.17. The molecule has 0 atom stereocenters. The van der Waals surface area contributed by atoms with E-state index in [2.05, 4.69) is 11.9 Å². The quantitative estimate of drug-likeness (QED) is 0.787. The highest BCUT2D eigenvalue weighted by Crippen LogP contribution is 2.22. The average Bonchev–Trinajstić information content (AvgIpc) is 2.37. The third-order valence-corrected chi connectivity index (χ3v) is 5.00. The Balaban J connectivity index is 3.08. The molecule has 1 rings (SSSR count). The van der Waals surface area contributed by atoms with Crippen LogP contribution in [0.3, 0.4) is 0 Å². The molecule has 0 spiro atoms. The van der Waals surface area contributed by atoms with E-state index in [0.717, 1.165) is 5.56 Å². The van der Waals surface area contributed by atoms with E-state index in [1.165, 1.54) is 17.4 Å². The number of halogens is 1. The Morgan fingerprint density at radius 2 is 2.10 bits per heavy atom. The normalized spacial score (nSPS) is 12.1. The Bertz CT molecular complexity index is 571. The molecule has 0 aliphatic heterocycles. The van der Waals surface area contributed by atoms with Gasteiger partial charge < -0.3 is 5.32 Å². The van der Waals surface area contributed by atoms with Gasteiger partial charge in [-0.15, -0.1) is 6.58 Å². The largest absolute Gasteiger partial charge is 0.310 e. The summed E-state index contributed by atoms with van der Waals surface area (Å²) in [5.41, 5.74) is 0.772. The van der Waals surface area contributed by atoms with E-state index in [4.69, 9.17) is 11.6 Å². The van der Waals surface area contributed by atoms with E-state index in [-0.39, 0.29) is 11.4 Å². The smallest absolute Gasteiger partial charge is 0.243 e. The van der Waals surface area contributed by atoms with Gasteiger partial charge in [0.15, 0.2) is 0 Å². The monoisotopic (exact) mass is 316 g/mol. The molecule has 1 aromatic rings. The second kappa shape index (κ2) is 7.22. The highest BCUT2D eigenvalue weighted by molar-refractivity contribution is 7.89. The summed E-state index contributed by atoms with van der Waals surface area (Å²) in [6, 6.07) is 5.06. The fourth-order valence-electron chi connectivity index (χ4n) is 1.62. The van der Waals surface area contributed by atoms with Crippen LogP contribution in [0.1, 0.15) is 19.4 Å². The van der Waals surface area contributed by atoms with Crippen LogP contribution in [-0.2, 0) is 16.6 Å². The summed E-state index contributed by atoms with van der Waals surface area (Å²) in [4.78, 5) is 0.242. The Labute approximate surface area is 126 Å². The summed E-state index contributed by atoms with van der Waals surface area (Å²) in [6.45, 7) is 8.39. The van der Waals surface area contributed by atoms with E-state index in [1.54, 1.807) is 18.2 Å². The first-order chi connectivity index (χ1) is 9.28. The second-order valence-electron chi connectivity index (χ2n) is 4.86. The van der Waals surface area contributed by atoms with Crippen molar-refractivity contribution in [2.45, 2.75) is 31.3 Å². The number of nitrogens with zero attached hydrogens (tertiary/aromatic N) is 1. The van der Waals surface area contributed by atoms with Gasteiger partial charge >= 0.3 is 0 Å². The number of benzene rings is 1. The number of likely N-dealkylation sites (N-methyl/N-ethyl adjacent to an activating group) is 1. The van der Waals surface area contributed by atoms with Crippen LogP contribution >= 0.6 is 11.6 Å². The number of sulfonamides is 1.